The second-order valence-electron chi connectivity index (χ2n) is 8.12. The van der Waals surface area contributed by atoms with Gasteiger partial charge in [0.15, 0.2) is 0 Å². The fraction of sp³-hybridized carbons (Fsp3) is 0.478. The molecular weight excluding hydrogens is 364 g/mol. The quantitative estimate of drug-likeness (QED) is 0.627. The van der Waals surface area contributed by atoms with E-state index < -0.39 is 0 Å². The topological polar surface area (TPSA) is 58.8 Å². The summed E-state index contributed by atoms with van der Waals surface area (Å²) in [7, 11) is 2.19. The monoisotopic (exact) mass is 394 g/mol. The molecule has 154 valence electrons. The molecule has 6 heteroatoms. The van der Waals surface area contributed by atoms with Crippen molar-refractivity contribution in [3.05, 3.63) is 52.9 Å². The number of hydrogen-bond acceptors (Lipinski definition) is 3. The molecule has 1 aromatic carbocycles. The summed E-state index contributed by atoms with van der Waals surface area (Å²) in [6.07, 6.45) is 9.42. The van der Waals surface area contributed by atoms with E-state index in [9.17, 15) is 9.59 Å². The van der Waals surface area contributed by atoms with E-state index in [2.05, 4.69) is 17.3 Å². The molecule has 2 heterocycles. The van der Waals surface area contributed by atoms with E-state index >= 15 is 0 Å². The van der Waals surface area contributed by atoms with Gasteiger partial charge in [-0.15, -0.1) is 0 Å². The van der Waals surface area contributed by atoms with E-state index in [0.717, 1.165) is 24.0 Å². The number of carbonyl (C=O) groups is 1. The zero-order chi connectivity index (χ0) is 20.2. The molecule has 4 rings (SSSR count). The maximum Gasteiger partial charge on any atom is 0.275 e. The van der Waals surface area contributed by atoms with Crippen LogP contribution in [-0.2, 0) is 11.3 Å². The summed E-state index contributed by atoms with van der Waals surface area (Å²) in [5.74, 6) is -0.117. The number of aromatic nitrogens is 2. The highest BCUT2D eigenvalue weighted by atomic mass is 16.2. The molecule has 0 unspecified atom stereocenters. The number of carbonyl (C=O) groups excluding carboxylic acids is 1. The highest BCUT2D eigenvalue weighted by Gasteiger charge is 2.17. The lowest BCUT2D eigenvalue weighted by atomic mass is 9.94. The molecule has 1 aliphatic carbocycles. The number of rotatable bonds is 7. The van der Waals surface area contributed by atoms with Crippen LogP contribution in [0.15, 0.2) is 47.4 Å². The highest BCUT2D eigenvalue weighted by Crippen LogP contribution is 2.21. The van der Waals surface area contributed by atoms with Gasteiger partial charge in [0.05, 0.1) is 11.0 Å². The minimum Gasteiger partial charge on any atom is -0.355 e. The zero-order valence-corrected chi connectivity index (χ0v) is 17.1. The molecule has 1 amide bonds. The lowest BCUT2D eigenvalue weighted by Crippen LogP contribution is -2.37. The maximum absolute atomic E-state index is 12.9. The van der Waals surface area contributed by atoms with Gasteiger partial charge in [0.2, 0.25) is 5.91 Å². The average Bonchev–Trinajstić information content (AvgIpc) is 3.25. The Kier molecular flexibility index (Phi) is 6.00. The van der Waals surface area contributed by atoms with E-state index in [1.807, 2.05) is 40.9 Å². The van der Waals surface area contributed by atoms with Crippen molar-refractivity contribution in [1.29, 1.82) is 0 Å². The van der Waals surface area contributed by atoms with Gasteiger partial charge in [-0.05, 0) is 57.1 Å². The number of fused-ring (bicyclic) bond motifs is 3. The first-order valence-corrected chi connectivity index (χ1v) is 10.7. The Labute approximate surface area is 171 Å². The summed E-state index contributed by atoms with van der Waals surface area (Å²) < 4.78 is 3.46. The third-order valence-electron chi connectivity index (χ3n) is 6.15. The summed E-state index contributed by atoms with van der Waals surface area (Å²) in [5.41, 5.74) is 2.15. The summed E-state index contributed by atoms with van der Waals surface area (Å²) in [6.45, 7) is 1.67. The van der Waals surface area contributed by atoms with Crippen LogP contribution < -0.4 is 10.9 Å². The van der Waals surface area contributed by atoms with Crippen LogP contribution in [0.4, 0.5) is 0 Å². The second kappa shape index (κ2) is 8.82. The predicted octanol–water partition coefficient (Wildman–Crippen LogP) is 3.03. The van der Waals surface area contributed by atoms with E-state index in [-0.39, 0.29) is 18.0 Å². The van der Waals surface area contributed by atoms with Crippen molar-refractivity contribution in [3.63, 3.8) is 0 Å². The molecule has 1 fully saturated rings. The molecule has 0 saturated heterocycles. The number of para-hydroxylation sites is 2. The van der Waals surface area contributed by atoms with Crippen molar-refractivity contribution < 1.29 is 4.79 Å². The number of amides is 1. The minimum absolute atomic E-state index is 0.0412. The van der Waals surface area contributed by atoms with Gasteiger partial charge < -0.3 is 14.6 Å². The van der Waals surface area contributed by atoms with Gasteiger partial charge >= 0.3 is 0 Å². The molecular formula is C23H30N4O2. The fourth-order valence-corrected chi connectivity index (χ4v) is 4.53. The number of benzene rings is 1. The smallest absolute Gasteiger partial charge is 0.275 e. The van der Waals surface area contributed by atoms with Gasteiger partial charge in [0.1, 0.15) is 12.1 Å². The van der Waals surface area contributed by atoms with Crippen LogP contribution in [0.25, 0.3) is 16.6 Å². The first-order valence-electron chi connectivity index (χ1n) is 10.7. The lowest BCUT2D eigenvalue weighted by molar-refractivity contribution is -0.121. The Bertz CT molecular complexity index is 1050. The predicted molar refractivity (Wildman–Crippen MR) is 116 cm³/mol. The normalized spacial score (nSPS) is 15.4. The van der Waals surface area contributed by atoms with Gasteiger partial charge in [-0.1, -0.05) is 31.4 Å². The first-order chi connectivity index (χ1) is 14.1. The molecule has 6 nitrogen and oxygen atoms in total. The van der Waals surface area contributed by atoms with Crippen LogP contribution in [-0.4, -0.2) is 46.0 Å². The van der Waals surface area contributed by atoms with Crippen LogP contribution in [0.3, 0.4) is 0 Å². The van der Waals surface area contributed by atoms with Gasteiger partial charge in [-0.25, -0.2) is 0 Å². The van der Waals surface area contributed by atoms with E-state index in [0.29, 0.717) is 18.1 Å². The van der Waals surface area contributed by atoms with Gasteiger partial charge in [-0.2, -0.15) is 0 Å². The van der Waals surface area contributed by atoms with Crippen molar-refractivity contribution >= 4 is 22.5 Å². The first kappa shape index (κ1) is 19.7. The molecule has 0 bridgehead atoms. The van der Waals surface area contributed by atoms with Crippen LogP contribution in [0.5, 0.6) is 0 Å². The van der Waals surface area contributed by atoms with Gasteiger partial charge in [0.25, 0.3) is 5.56 Å². The summed E-state index contributed by atoms with van der Waals surface area (Å²) in [4.78, 5) is 27.9. The highest BCUT2D eigenvalue weighted by molar-refractivity contribution is 5.82. The van der Waals surface area contributed by atoms with Crippen molar-refractivity contribution in [3.8, 4) is 0 Å². The van der Waals surface area contributed by atoms with Crippen molar-refractivity contribution in [1.82, 2.24) is 19.2 Å². The average molecular weight is 395 g/mol. The molecule has 0 atom stereocenters. The fourth-order valence-electron chi connectivity index (χ4n) is 4.53. The molecule has 0 aliphatic heterocycles. The van der Waals surface area contributed by atoms with Crippen LogP contribution >= 0.6 is 0 Å². The van der Waals surface area contributed by atoms with Crippen LogP contribution in [0.1, 0.15) is 38.5 Å². The molecule has 1 saturated carbocycles. The van der Waals surface area contributed by atoms with Crippen LogP contribution in [0, 0.1) is 0 Å². The molecule has 29 heavy (non-hydrogen) atoms. The Hall–Kier alpha value is -2.60. The third kappa shape index (κ3) is 4.22. The van der Waals surface area contributed by atoms with E-state index in [1.54, 1.807) is 10.6 Å². The number of nitrogens with zero attached hydrogens (tertiary/aromatic N) is 3. The molecule has 1 N–H and O–H groups in total. The van der Waals surface area contributed by atoms with Crippen molar-refractivity contribution in [2.75, 3.05) is 20.1 Å². The molecule has 1 aliphatic rings. The van der Waals surface area contributed by atoms with E-state index in [4.69, 9.17) is 0 Å². The number of hydrogen-bond donors (Lipinski definition) is 1. The van der Waals surface area contributed by atoms with E-state index in [1.165, 1.54) is 32.1 Å². The third-order valence-corrected chi connectivity index (χ3v) is 6.15. The second-order valence-corrected chi connectivity index (χ2v) is 8.12. The largest absolute Gasteiger partial charge is 0.355 e. The van der Waals surface area contributed by atoms with Crippen molar-refractivity contribution in [2.24, 2.45) is 0 Å². The molecule has 2 aromatic heterocycles. The maximum atomic E-state index is 12.9. The Balaban J connectivity index is 1.37. The molecule has 3 aromatic rings. The minimum atomic E-state index is -0.138. The summed E-state index contributed by atoms with van der Waals surface area (Å²) in [6, 6.07) is 12.0. The molecule has 0 spiro atoms. The van der Waals surface area contributed by atoms with Crippen molar-refractivity contribution in [2.45, 2.75) is 51.1 Å². The van der Waals surface area contributed by atoms with Gasteiger partial charge in [-0.3, -0.25) is 14.2 Å². The van der Waals surface area contributed by atoms with Crippen LogP contribution in [0.2, 0.25) is 0 Å². The summed E-state index contributed by atoms with van der Waals surface area (Å²) in [5, 5.41) is 2.99. The zero-order valence-electron chi connectivity index (χ0n) is 17.1. The standard InChI is InChI=1S/C23H30N4O2/c1-25(18-9-3-2-4-10-18)15-8-14-24-22(28)17-27-20-12-6-5-11-19(20)26-16-7-13-21(26)23(27)29/h5-7,11-13,16,18H,2-4,8-10,14-15,17H2,1H3,(H,24,28). The summed E-state index contributed by atoms with van der Waals surface area (Å²) >= 11 is 0. The Morgan fingerprint density at radius 1 is 1.07 bits per heavy atom. The Morgan fingerprint density at radius 3 is 2.59 bits per heavy atom. The van der Waals surface area contributed by atoms with Gasteiger partial charge in [0, 0.05) is 18.8 Å². The number of nitrogens with one attached hydrogen (secondary N) is 1. The Morgan fingerprint density at radius 2 is 1.79 bits per heavy atom. The lowest BCUT2D eigenvalue weighted by Gasteiger charge is -2.31. The SMILES string of the molecule is CN(CCCNC(=O)Cn1c(=O)c2cccn2c2ccccc21)C1CCCCC1. The molecule has 0 radical (unpaired) electrons.